The van der Waals surface area contributed by atoms with Crippen molar-refractivity contribution in [3.63, 3.8) is 0 Å². The molecule has 4 nitrogen and oxygen atoms in total. The van der Waals surface area contributed by atoms with Crippen molar-refractivity contribution in [3.8, 4) is 0 Å². The molecule has 0 aliphatic rings. The van der Waals surface area contributed by atoms with Crippen molar-refractivity contribution < 1.29 is 4.42 Å². The Morgan fingerprint density at radius 2 is 2.14 bits per heavy atom. The van der Waals surface area contributed by atoms with Gasteiger partial charge >= 0.3 is 0 Å². The van der Waals surface area contributed by atoms with Gasteiger partial charge in [0.2, 0.25) is 0 Å². The van der Waals surface area contributed by atoms with Crippen molar-refractivity contribution in [3.05, 3.63) is 53.6 Å². The summed E-state index contributed by atoms with van der Waals surface area (Å²) in [5.41, 5.74) is 3.50. The van der Waals surface area contributed by atoms with Crippen LogP contribution in [0, 0.1) is 6.92 Å². The van der Waals surface area contributed by atoms with E-state index in [1.807, 2.05) is 20.2 Å². The number of furan rings is 1. The molecular weight excluding hydrogens is 262 g/mol. The molecule has 3 rings (SSSR count). The largest absolute Gasteiger partial charge is 0.469 e. The first-order chi connectivity index (χ1) is 10.2. The van der Waals surface area contributed by atoms with E-state index in [1.54, 1.807) is 0 Å². The minimum absolute atomic E-state index is 0.214. The lowest BCUT2D eigenvalue weighted by molar-refractivity contribution is 0.518. The van der Waals surface area contributed by atoms with Crippen LogP contribution in [0.2, 0.25) is 0 Å². The standard InChI is InChI=1S/C17H21N3O/c1-4-20-17-8-6-5-7-14(17)16(19-20)10-15(18-3)13-9-12(2)21-11-13/h5-9,11,15,18H,4,10H2,1-3H3. The number of aryl methyl sites for hydroxylation is 2. The first kappa shape index (κ1) is 13.9. The van der Waals surface area contributed by atoms with Gasteiger partial charge in [0, 0.05) is 30.0 Å². The third-order valence-electron chi connectivity index (χ3n) is 3.93. The summed E-state index contributed by atoms with van der Waals surface area (Å²) >= 11 is 0. The Hall–Kier alpha value is -2.07. The second-order valence-corrected chi connectivity index (χ2v) is 5.32. The number of hydrogen-bond acceptors (Lipinski definition) is 3. The normalized spacial score (nSPS) is 12.9. The van der Waals surface area contributed by atoms with Crippen molar-refractivity contribution >= 4 is 10.9 Å². The Kier molecular flexibility index (Phi) is 3.80. The molecule has 0 saturated carbocycles. The van der Waals surface area contributed by atoms with Crippen LogP contribution in [0.4, 0.5) is 0 Å². The molecule has 0 spiro atoms. The molecule has 110 valence electrons. The molecular formula is C17H21N3O. The highest BCUT2D eigenvalue weighted by Crippen LogP contribution is 2.25. The van der Waals surface area contributed by atoms with E-state index in [0.29, 0.717) is 0 Å². The van der Waals surface area contributed by atoms with Gasteiger partial charge in [-0.05, 0) is 33.0 Å². The van der Waals surface area contributed by atoms with Gasteiger partial charge in [0.1, 0.15) is 5.76 Å². The molecule has 1 aromatic carbocycles. The number of aromatic nitrogens is 2. The number of nitrogens with zero attached hydrogens (tertiary/aromatic N) is 2. The summed E-state index contributed by atoms with van der Waals surface area (Å²) in [6, 6.07) is 10.7. The van der Waals surface area contributed by atoms with Crippen LogP contribution in [0.3, 0.4) is 0 Å². The summed E-state index contributed by atoms with van der Waals surface area (Å²) < 4.78 is 7.50. The molecule has 0 aliphatic carbocycles. The van der Waals surface area contributed by atoms with Crippen molar-refractivity contribution in [2.75, 3.05) is 7.05 Å². The van der Waals surface area contributed by atoms with E-state index in [9.17, 15) is 0 Å². The first-order valence-electron chi connectivity index (χ1n) is 7.39. The molecule has 0 saturated heterocycles. The Morgan fingerprint density at radius 1 is 1.33 bits per heavy atom. The van der Waals surface area contributed by atoms with Gasteiger partial charge in [-0.2, -0.15) is 5.10 Å². The van der Waals surface area contributed by atoms with Crippen LogP contribution in [0.25, 0.3) is 10.9 Å². The number of rotatable bonds is 5. The van der Waals surface area contributed by atoms with E-state index >= 15 is 0 Å². The molecule has 0 aliphatic heterocycles. The fraction of sp³-hybridized carbons (Fsp3) is 0.353. The van der Waals surface area contributed by atoms with E-state index in [4.69, 9.17) is 9.52 Å². The van der Waals surface area contributed by atoms with Crippen LogP contribution in [-0.4, -0.2) is 16.8 Å². The van der Waals surface area contributed by atoms with Gasteiger partial charge < -0.3 is 9.73 Å². The summed E-state index contributed by atoms with van der Waals surface area (Å²) in [7, 11) is 1.98. The van der Waals surface area contributed by atoms with Gasteiger partial charge in [0.05, 0.1) is 17.5 Å². The van der Waals surface area contributed by atoms with Crippen molar-refractivity contribution in [2.24, 2.45) is 0 Å². The number of hydrogen-bond donors (Lipinski definition) is 1. The third kappa shape index (κ3) is 2.59. The average Bonchev–Trinajstić information content (AvgIpc) is 3.09. The van der Waals surface area contributed by atoms with E-state index in [0.717, 1.165) is 24.4 Å². The highest BCUT2D eigenvalue weighted by Gasteiger charge is 2.17. The lowest BCUT2D eigenvalue weighted by Crippen LogP contribution is -2.18. The molecule has 1 atom stereocenters. The van der Waals surface area contributed by atoms with Gasteiger partial charge in [0.25, 0.3) is 0 Å². The number of likely N-dealkylation sites (N-methyl/N-ethyl adjacent to an activating group) is 1. The smallest absolute Gasteiger partial charge is 0.101 e. The maximum absolute atomic E-state index is 5.43. The second-order valence-electron chi connectivity index (χ2n) is 5.32. The average molecular weight is 283 g/mol. The Balaban J connectivity index is 1.97. The third-order valence-corrected chi connectivity index (χ3v) is 3.93. The van der Waals surface area contributed by atoms with Crippen LogP contribution >= 0.6 is 0 Å². The molecule has 0 radical (unpaired) electrons. The fourth-order valence-electron chi connectivity index (χ4n) is 2.81. The molecule has 2 aromatic heterocycles. The Morgan fingerprint density at radius 3 is 2.81 bits per heavy atom. The van der Waals surface area contributed by atoms with Gasteiger partial charge in [0.15, 0.2) is 0 Å². The van der Waals surface area contributed by atoms with Gasteiger partial charge in [-0.15, -0.1) is 0 Å². The quantitative estimate of drug-likeness (QED) is 0.779. The lowest BCUT2D eigenvalue weighted by atomic mass is 10.0. The van der Waals surface area contributed by atoms with Crippen LogP contribution in [0.15, 0.2) is 41.0 Å². The molecule has 0 amide bonds. The predicted molar refractivity (Wildman–Crippen MR) is 84.4 cm³/mol. The Labute approximate surface area is 124 Å². The molecule has 1 unspecified atom stereocenters. The molecule has 4 heteroatoms. The van der Waals surface area contributed by atoms with Crippen LogP contribution < -0.4 is 5.32 Å². The second kappa shape index (κ2) is 5.74. The summed E-state index contributed by atoms with van der Waals surface area (Å²) in [5.74, 6) is 0.939. The van der Waals surface area contributed by atoms with Gasteiger partial charge in [-0.1, -0.05) is 18.2 Å². The molecule has 1 N–H and O–H groups in total. The zero-order chi connectivity index (χ0) is 14.8. The molecule has 2 heterocycles. The number of nitrogens with one attached hydrogen (secondary N) is 1. The maximum atomic E-state index is 5.43. The highest BCUT2D eigenvalue weighted by molar-refractivity contribution is 5.82. The van der Waals surface area contributed by atoms with Crippen molar-refractivity contribution in [2.45, 2.75) is 32.9 Å². The van der Waals surface area contributed by atoms with E-state index < -0.39 is 0 Å². The summed E-state index contributed by atoms with van der Waals surface area (Å²) in [6.07, 6.45) is 2.68. The molecule has 21 heavy (non-hydrogen) atoms. The minimum atomic E-state index is 0.214. The van der Waals surface area contributed by atoms with Gasteiger partial charge in [-0.25, -0.2) is 0 Å². The molecule has 3 aromatic rings. The fourth-order valence-corrected chi connectivity index (χ4v) is 2.81. The molecule has 0 fully saturated rings. The zero-order valence-corrected chi connectivity index (χ0v) is 12.8. The summed E-state index contributed by atoms with van der Waals surface area (Å²) in [5, 5.41) is 9.37. The van der Waals surface area contributed by atoms with E-state index in [1.165, 1.54) is 16.5 Å². The SMILES string of the molecule is CCn1nc(CC(NC)c2coc(C)c2)c2ccccc21. The Bertz CT molecular complexity index is 741. The first-order valence-corrected chi connectivity index (χ1v) is 7.39. The van der Waals surface area contributed by atoms with Crippen LogP contribution in [-0.2, 0) is 13.0 Å². The van der Waals surface area contributed by atoms with E-state index in [-0.39, 0.29) is 6.04 Å². The summed E-state index contributed by atoms with van der Waals surface area (Å²) in [6.45, 7) is 4.98. The number of fused-ring (bicyclic) bond motifs is 1. The number of benzene rings is 1. The van der Waals surface area contributed by atoms with Gasteiger partial charge in [-0.3, -0.25) is 4.68 Å². The minimum Gasteiger partial charge on any atom is -0.469 e. The van der Waals surface area contributed by atoms with Crippen LogP contribution in [0.5, 0.6) is 0 Å². The zero-order valence-electron chi connectivity index (χ0n) is 12.8. The highest BCUT2D eigenvalue weighted by atomic mass is 16.3. The maximum Gasteiger partial charge on any atom is 0.101 e. The van der Waals surface area contributed by atoms with E-state index in [2.05, 4.69) is 47.3 Å². The number of para-hydroxylation sites is 1. The lowest BCUT2D eigenvalue weighted by Gasteiger charge is -2.12. The van der Waals surface area contributed by atoms with Crippen molar-refractivity contribution in [1.29, 1.82) is 0 Å². The topological polar surface area (TPSA) is 43.0 Å². The van der Waals surface area contributed by atoms with Crippen molar-refractivity contribution in [1.82, 2.24) is 15.1 Å². The predicted octanol–water partition coefficient (Wildman–Crippen LogP) is 3.46. The monoisotopic (exact) mass is 283 g/mol. The summed E-state index contributed by atoms with van der Waals surface area (Å²) in [4.78, 5) is 0. The van der Waals surface area contributed by atoms with Crippen LogP contribution in [0.1, 0.15) is 30.0 Å². The molecule has 0 bridgehead atoms.